The molecule has 2 atom stereocenters. The van der Waals surface area contributed by atoms with Crippen LogP contribution in [-0.4, -0.2) is 48.1 Å². The van der Waals surface area contributed by atoms with Gasteiger partial charge in [-0.25, -0.2) is 4.98 Å². The van der Waals surface area contributed by atoms with Crippen molar-refractivity contribution in [3.8, 4) is 0 Å². The molecule has 0 spiro atoms. The van der Waals surface area contributed by atoms with Gasteiger partial charge in [0, 0.05) is 31.4 Å². The molecule has 0 saturated carbocycles. The van der Waals surface area contributed by atoms with Crippen molar-refractivity contribution in [1.29, 1.82) is 0 Å². The van der Waals surface area contributed by atoms with Crippen LogP contribution in [0.25, 0.3) is 0 Å². The largest absolute Gasteiger partial charge is 0.355 e. The second-order valence-corrected chi connectivity index (χ2v) is 6.69. The highest BCUT2D eigenvalue weighted by Crippen LogP contribution is 2.24. The number of piperidine rings is 1. The minimum Gasteiger partial charge on any atom is -0.355 e. The summed E-state index contributed by atoms with van der Waals surface area (Å²) in [6.45, 7) is 6.90. The van der Waals surface area contributed by atoms with Gasteiger partial charge < -0.3 is 10.6 Å². The lowest BCUT2D eigenvalue weighted by Gasteiger charge is -2.32. The molecular weight excluding hydrogens is 260 g/mol. The van der Waals surface area contributed by atoms with Gasteiger partial charge in [0.15, 0.2) is 0 Å². The third kappa shape index (κ3) is 3.74. The molecule has 21 heavy (non-hydrogen) atoms. The molecule has 4 nitrogen and oxygen atoms in total. The zero-order chi connectivity index (χ0) is 14.7. The van der Waals surface area contributed by atoms with Gasteiger partial charge in [-0.05, 0) is 57.3 Å². The molecule has 0 aliphatic carbocycles. The van der Waals surface area contributed by atoms with Crippen LogP contribution in [0.15, 0.2) is 18.3 Å². The number of anilines is 1. The second kappa shape index (κ2) is 6.75. The lowest BCUT2D eigenvalue weighted by Crippen LogP contribution is -2.40. The van der Waals surface area contributed by atoms with Gasteiger partial charge in [-0.15, -0.1) is 0 Å². The minimum atomic E-state index is 0.202. The predicted octanol–water partition coefficient (Wildman–Crippen LogP) is 2.04. The Morgan fingerprint density at radius 3 is 2.71 bits per heavy atom. The summed E-state index contributed by atoms with van der Waals surface area (Å²) in [4.78, 5) is 9.77. The summed E-state index contributed by atoms with van der Waals surface area (Å²) in [7, 11) is 0. The van der Waals surface area contributed by atoms with E-state index < -0.39 is 0 Å². The lowest BCUT2D eigenvalue weighted by atomic mass is 10.1. The van der Waals surface area contributed by atoms with E-state index in [4.69, 9.17) is 5.73 Å². The normalized spacial score (nSPS) is 25.2. The van der Waals surface area contributed by atoms with Gasteiger partial charge in [-0.2, -0.15) is 0 Å². The first-order valence-electron chi connectivity index (χ1n) is 8.42. The van der Waals surface area contributed by atoms with E-state index in [-0.39, 0.29) is 6.04 Å². The maximum atomic E-state index is 5.84. The smallest absolute Gasteiger partial charge is 0.128 e. The SMILES string of the molecule is CC(N)Cc1ccc(N2CCC(N3CCCCC3)C2)nc1. The van der Waals surface area contributed by atoms with Crippen LogP contribution >= 0.6 is 0 Å². The maximum Gasteiger partial charge on any atom is 0.128 e. The van der Waals surface area contributed by atoms with E-state index in [0.29, 0.717) is 0 Å². The van der Waals surface area contributed by atoms with E-state index in [2.05, 4.69) is 26.9 Å². The summed E-state index contributed by atoms with van der Waals surface area (Å²) in [6.07, 6.45) is 8.34. The van der Waals surface area contributed by atoms with Crippen molar-refractivity contribution in [3.63, 3.8) is 0 Å². The number of nitrogens with zero attached hydrogens (tertiary/aromatic N) is 3. The fourth-order valence-electron chi connectivity index (χ4n) is 3.63. The third-order valence-corrected chi connectivity index (χ3v) is 4.76. The quantitative estimate of drug-likeness (QED) is 0.921. The third-order valence-electron chi connectivity index (χ3n) is 4.76. The molecule has 0 radical (unpaired) electrons. The first kappa shape index (κ1) is 14.8. The monoisotopic (exact) mass is 288 g/mol. The highest BCUT2D eigenvalue weighted by molar-refractivity contribution is 5.41. The first-order chi connectivity index (χ1) is 10.2. The Balaban J connectivity index is 1.57. The van der Waals surface area contributed by atoms with Crippen molar-refractivity contribution in [1.82, 2.24) is 9.88 Å². The molecule has 3 heterocycles. The van der Waals surface area contributed by atoms with Crippen LogP contribution in [0, 0.1) is 0 Å². The van der Waals surface area contributed by atoms with Gasteiger partial charge in [0.1, 0.15) is 5.82 Å². The zero-order valence-corrected chi connectivity index (χ0v) is 13.2. The second-order valence-electron chi connectivity index (χ2n) is 6.69. The van der Waals surface area contributed by atoms with Crippen molar-refractivity contribution in [2.45, 2.75) is 51.1 Å². The van der Waals surface area contributed by atoms with E-state index in [1.165, 1.54) is 44.3 Å². The minimum absolute atomic E-state index is 0.202. The first-order valence-corrected chi connectivity index (χ1v) is 8.42. The molecule has 2 aliphatic rings. The van der Waals surface area contributed by atoms with Crippen LogP contribution in [0.3, 0.4) is 0 Å². The summed E-state index contributed by atoms with van der Waals surface area (Å²) in [5, 5.41) is 0. The molecule has 3 rings (SSSR count). The van der Waals surface area contributed by atoms with Gasteiger partial charge >= 0.3 is 0 Å². The topological polar surface area (TPSA) is 45.4 Å². The van der Waals surface area contributed by atoms with Crippen molar-refractivity contribution < 1.29 is 0 Å². The fourth-order valence-corrected chi connectivity index (χ4v) is 3.63. The number of hydrogen-bond acceptors (Lipinski definition) is 4. The molecule has 0 amide bonds. The fraction of sp³-hybridized carbons (Fsp3) is 0.706. The number of nitrogens with two attached hydrogens (primary N) is 1. The summed E-state index contributed by atoms with van der Waals surface area (Å²) in [5.41, 5.74) is 7.08. The van der Waals surface area contributed by atoms with Gasteiger partial charge in [-0.3, -0.25) is 4.90 Å². The summed E-state index contributed by atoms with van der Waals surface area (Å²) >= 11 is 0. The molecule has 2 aliphatic heterocycles. The number of pyridine rings is 1. The Hall–Kier alpha value is -1.13. The van der Waals surface area contributed by atoms with Crippen LogP contribution < -0.4 is 10.6 Å². The lowest BCUT2D eigenvalue weighted by molar-refractivity contribution is 0.175. The standard InChI is InChI=1S/C17H28N4/c1-14(18)11-15-5-6-17(19-12-15)21-10-7-16(13-21)20-8-3-2-4-9-20/h5-6,12,14,16H,2-4,7-11,13,18H2,1H3. The molecule has 1 aromatic rings. The molecule has 2 unspecified atom stereocenters. The zero-order valence-electron chi connectivity index (χ0n) is 13.2. The van der Waals surface area contributed by atoms with E-state index in [0.717, 1.165) is 31.4 Å². The van der Waals surface area contributed by atoms with E-state index in [9.17, 15) is 0 Å². The van der Waals surface area contributed by atoms with E-state index >= 15 is 0 Å². The number of likely N-dealkylation sites (tertiary alicyclic amines) is 1. The Kier molecular flexibility index (Phi) is 4.76. The maximum absolute atomic E-state index is 5.84. The van der Waals surface area contributed by atoms with Crippen LogP contribution in [0.1, 0.15) is 38.2 Å². The Morgan fingerprint density at radius 1 is 1.24 bits per heavy atom. The summed E-state index contributed by atoms with van der Waals surface area (Å²) < 4.78 is 0. The van der Waals surface area contributed by atoms with Gasteiger partial charge in [-0.1, -0.05) is 12.5 Å². The molecule has 0 aromatic carbocycles. The van der Waals surface area contributed by atoms with E-state index in [1.54, 1.807) is 0 Å². The highest BCUT2D eigenvalue weighted by Gasteiger charge is 2.28. The summed E-state index contributed by atoms with van der Waals surface area (Å²) in [5.74, 6) is 1.13. The number of rotatable bonds is 4. The molecule has 4 heteroatoms. The molecular formula is C17H28N4. The van der Waals surface area contributed by atoms with Crippen LogP contribution in [0.5, 0.6) is 0 Å². The molecule has 116 valence electrons. The molecule has 2 fully saturated rings. The van der Waals surface area contributed by atoms with Crippen molar-refractivity contribution >= 4 is 5.82 Å². The van der Waals surface area contributed by atoms with Gasteiger partial charge in [0.25, 0.3) is 0 Å². The Labute approximate surface area is 128 Å². The molecule has 2 N–H and O–H groups in total. The Morgan fingerprint density at radius 2 is 2.05 bits per heavy atom. The number of hydrogen-bond donors (Lipinski definition) is 1. The number of aromatic nitrogens is 1. The highest BCUT2D eigenvalue weighted by atomic mass is 15.3. The molecule has 2 saturated heterocycles. The van der Waals surface area contributed by atoms with Crippen LogP contribution in [0.2, 0.25) is 0 Å². The van der Waals surface area contributed by atoms with Crippen LogP contribution in [0.4, 0.5) is 5.82 Å². The predicted molar refractivity (Wildman–Crippen MR) is 87.6 cm³/mol. The average Bonchev–Trinajstić information content (AvgIpc) is 2.98. The van der Waals surface area contributed by atoms with Gasteiger partial charge in [0.2, 0.25) is 0 Å². The van der Waals surface area contributed by atoms with Crippen molar-refractivity contribution in [2.75, 3.05) is 31.1 Å². The van der Waals surface area contributed by atoms with E-state index in [1.807, 2.05) is 13.1 Å². The van der Waals surface area contributed by atoms with Crippen molar-refractivity contribution in [2.24, 2.45) is 5.73 Å². The van der Waals surface area contributed by atoms with Crippen molar-refractivity contribution in [3.05, 3.63) is 23.9 Å². The van der Waals surface area contributed by atoms with Gasteiger partial charge in [0.05, 0.1) is 0 Å². The molecule has 1 aromatic heterocycles. The molecule has 0 bridgehead atoms. The average molecular weight is 288 g/mol. The Bertz CT molecular complexity index is 437. The van der Waals surface area contributed by atoms with Crippen LogP contribution in [-0.2, 0) is 6.42 Å². The summed E-state index contributed by atoms with van der Waals surface area (Å²) in [6, 6.07) is 5.28.